The molecular weight excluding hydrogens is 168 g/mol. The van der Waals surface area contributed by atoms with Gasteiger partial charge in [0.2, 0.25) is 0 Å². The Labute approximate surface area is 79.2 Å². The normalized spacial score (nSPS) is 25.4. The van der Waals surface area contributed by atoms with Gasteiger partial charge >= 0.3 is 0 Å². The molecule has 0 aromatic carbocycles. The molecule has 0 amide bonds. The van der Waals surface area contributed by atoms with Gasteiger partial charge in [-0.3, -0.25) is 4.99 Å². The maximum atomic E-state index is 4.41. The Kier molecular flexibility index (Phi) is 3.44. The molecule has 0 bridgehead atoms. The van der Waals surface area contributed by atoms with Gasteiger partial charge in [0.25, 0.3) is 0 Å². The van der Waals surface area contributed by atoms with Crippen LogP contribution in [0.15, 0.2) is 4.99 Å². The van der Waals surface area contributed by atoms with Gasteiger partial charge in [0, 0.05) is 11.3 Å². The van der Waals surface area contributed by atoms with Crippen molar-refractivity contribution >= 4 is 16.9 Å². The predicted molar refractivity (Wildman–Crippen MR) is 56.8 cm³/mol. The summed E-state index contributed by atoms with van der Waals surface area (Å²) in [7, 11) is 0. The van der Waals surface area contributed by atoms with Gasteiger partial charge < -0.3 is 5.32 Å². The molecule has 0 aromatic heterocycles. The van der Waals surface area contributed by atoms with E-state index in [0.717, 1.165) is 17.6 Å². The maximum Gasteiger partial charge on any atom is 0.157 e. The minimum atomic E-state index is 0.534. The number of thioether (sulfide) groups is 1. The highest BCUT2D eigenvalue weighted by Crippen LogP contribution is 2.21. The fourth-order valence-corrected chi connectivity index (χ4v) is 1.95. The van der Waals surface area contributed by atoms with Crippen LogP contribution >= 0.6 is 11.8 Å². The molecule has 2 nitrogen and oxygen atoms in total. The first-order valence-corrected chi connectivity index (χ1v) is 5.45. The van der Waals surface area contributed by atoms with Crippen molar-refractivity contribution in [3.63, 3.8) is 0 Å². The number of nitrogens with one attached hydrogen (secondary N) is 1. The van der Waals surface area contributed by atoms with Crippen molar-refractivity contribution in [3.05, 3.63) is 0 Å². The van der Waals surface area contributed by atoms with Gasteiger partial charge in [-0.05, 0) is 12.8 Å². The maximum absolute atomic E-state index is 4.41. The first-order valence-electron chi connectivity index (χ1n) is 4.57. The van der Waals surface area contributed by atoms with Crippen LogP contribution in [0.4, 0.5) is 0 Å². The highest BCUT2D eigenvalue weighted by Gasteiger charge is 2.17. The second-order valence-electron chi connectivity index (χ2n) is 3.76. The van der Waals surface area contributed by atoms with Gasteiger partial charge in [-0.25, -0.2) is 0 Å². The fourth-order valence-electron chi connectivity index (χ4n) is 0.905. The second-order valence-corrected chi connectivity index (χ2v) is 5.12. The van der Waals surface area contributed by atoms with Crippen LogP contribution in [0.5, 0.6) is 0 Å². The van der Waals surface area contributed by atoms with Crippen molar-refractivity contribution in [1.82, 2.24) is 5.32 Å². The summed E-state index contributed by atoms with van der Waals surface area (Å²) in [6.07, 6.45) is 0. The third-order valence-electron chi connectivity index (χ3n) is 2.11. The molecular formula is C9H18N2S. The Morgan fingerprint density at radius 3 is 2.58 bits per heavy atom. The first-order chi connectivity index (χ1) is 5.59. The van der Waals surface area contributed by atoms with Crippen molar-refractivity contribution in [2.24, 2.45) is 10.9 Å². The first kappa shape index (κ1) is 9.90. The zero-order valence-corrected chi connectivity index (χ0v) is 9.11. The van der Waals surface area contributed by atoms with Crippen LogP contribution in [0.3, 0.4) is 0 Å². The fraction of sp³-hybridized carbons (Fsp3) is 0.889. The molecule has 12 heavy (non-hydrogen) atoms. The van der Waals surface area contributed by atoms with E-state index in [0.29, 0.717) is 11.3 Å². The lowest BCUT2D eigenvalue weighted by Gasteiger charge is -2.15. The molecule has 1 aliphatic rings. The summed E-state index contributed by atoms with van der Waals surface area (Å²) in [5.74, 6) is 0.718. The molecule has 0 radical (unpaired) electrons. The molecule has 0 saturated carbocycles. The van der Waals surface area contributed by atoms with Gasteiger partial charge in [-0.15, -0.1) is 0 Å². The van der Waals surface area contributed by atoms with Crippen molar-refractivity contribution in [2.75, 3.05) is 6.54 Å². The monoisotopic (exact) mass is 186 g/mol. The smallest absolute Gasteiger partial charge is 0.157 e. The predicted octanol–water partition coefficient (Wildman–Crippen LogP) is 2.11. The Morgan fingerprint density at radius 1 is 1.50 bits per heavy atom. The highest BCUT2D eigenvalue weighted by molar-refractivity contribution is 8.14. The minimum Gasteiger partial charge on any atom is -0.361 e. The van der Waals surface area contributed by atoms with Crippen molar-refractivity contribution in [2.45, 2.75) is 39.0 Å². The number of amidine groups is 1. The van der Waals surface area contributed by atoms with Crippen LogP contribution in [0.1, 0.15) is 27.7 Å². The number of nitrogens with zero attached hydrogens (tertiary/aromatic N) is 1. The van der Waals surface area contributed by atoms with Crippen LogP contribution in [0.25, 0.3) is 0 Å². The average molecular weight is 186 g/mol. The van der Waals surface area contributed by atoms with Gasteiger partial charge in [-0.2, -0.15) is 0 Å². The van der Waals surface area contributed by atoms with Crippen LogP contribution in [-0.2, 0) is 0 Å². The zero-order valence-electron chi connectivity index (χ0n) is 8.29. The molecule has 0 aromatic rings. The lowest BCUT2D eigenvalue weighted by atomic mass is 10.2. The van der Waals surface area contributed by atoms with Crippen LogP contribution in [0, 0.1) is 5.92 Å². The van der Waals surface area contributed by atoms with E-state index in [1.54, 1.807) is 0 Å². The highest BCUT2D eigenvalue weighted by atomic mass is 32.2. The van der Waals surface area contributed by atoms with Crippen LogP contribution in [0.2, 0.25) is 0 Å². The summed E-state index contributed by atoms with van der Waals surface area (Å²) in [5.41, 5.74) is 0. The molecule has 1 heterocycles. The zero-order chi connectivity index (χ0) is 9.14. The Balaban J connectivity index is 2.32. The third-order valence-corrected chi connectivity index (χ3v) is 3.50. The van der Waals surface area contributed by atoms with Crippen LogP contribution < -0.4 is 5.32 Å². The molecule has 70 valence electrons. The van der Waals surface area contributed by atoms with E-state index in [1.807, 2.05) is 11.8 Å². The minimum absolute atomic E-state index is 0.534. The lowest BCUT2D eigenvalue weighted by molar-refractivity contribution is 0.644. The molecule has 0 spiro atoms. The van der Waals surface area contributed by atoms with E-state index >= 15 is 0 Å². The quantitative estimate of drug-likeness (QED) is 0.714. The Bertz CT molecular complexity index is 177. The van der Waals surface area contributed by atoms with Crippen molar-refractivity contribution in [3.8, 4) is 0 Å². The van der Waals surface area contributed by atoms with Gasteiger partial charge in [0.1, 0.15) is 0 Å². The standard InChI is InChI=1S/C9H18N2S/c1-6(2)8(4)12-9-10-5-7(3)11-9/h6-8H,5H2,1-4H3,(H,10,11). The molecule has 2 atom stereocenters. The summed E-state index contributed by atoms with van der Waals surface area (Å²) < 4.78 is 0. The SMILES string of the molecule is CC1CN=C(SC(C)C(C)C)N1. The van der Waals surface area contributed by atoms with E-state index in [9.17, 15) is 0 Å². The van der Waals surface area contributed by atoms with E-state index in [-0.39, 0.29) is 0 Å². The number of aliphatic imine (C=N–C) groups is 1. The molecule has 0 saturated heterocycles. The Morgan fingerprint density at radius 2 is 2.17 bits per heavy atom. The largest absolute Gasteiger partial charge is 0.361 e. The summed E-state index contributed by atoms with van der Waals surface area (Å²) >= 11 is 1.86. The van der Waals surface area contributed by atoms with Crippen molar-refractivity contribution in [1.29, 1.82) is 0 Å². The molecule has 1 aliphatic heterocycles. The number of rotatable bonds is 2. The van der Waals surface area contributed by atoms with Gasteiger partial charge in [-0.1, -0.05) is 32.5 Å². The summed E-state index contributed by atoms with van der Waals surface area (Å²) in [4.78, 5) is 4.41. The molecule has 2 unspecified atom stereocenters. The third kappa shape index (κ3) is 2.70. The number of hydrogen-bond donors (Lipinski definition) is 1. The van der Waals surface area contributed by atoms with E-state index < -0.39 is 0 Å². The number of hydrogen-bond acceptors (Lipinski definition) is 3. The lowest BCUT2D eigenvalue weighted by Crippen LogP contribution is -2.26. The van der Waals surface area contributed by atoms with Crippen LogP contribution in [-0.4, -0.2) is 23.0 Å². The summed E-state index contributed by atoms with van der Waals surface area (Å²) in [6, 6.07) is 0.534. The van der Waals surface area contributed by atoms with E-state index in [1.165, 1.54) is 0 Å². The van der Waals surface area contributed by atoms with E-state index in [2.05, 4.69) is 38.0 Å². The summed E-state index contributed by atoms with van der Waals surface area (Å²) in [6.45, 7) is 9.85. The second kappa shape index (κ2) is 4.17. The van der Waals surface area contributed by atoms with Gasteiger partial charge in [0.05, 0.1) is 6.54 Å². The van der Waals surface area contributed by atoms with Crippen molar-refractivity contribution < 1.29 is 0 Å². The molecule has 3 heteroatoms. The molecule has 0 aliphatic carbocycles. The topological polar surface area (TPSA) is 24.4 Å². The molecule has 1 rings (SSSR count). The Hall–Kier alpha value is -0.180. The van der Waals surface area contributed by atoms with E-state index in [4.69, 9.17) is 0 Å². The molecule has 0 fully saturated rings. The summed E-state index contributed by atoms with van der Waals surface area (Å²) in [5, 5.41) is 5.14. The average Bonchev–Trinajstić information content (AvgIpc) is 2.35. The molecule has 1 N–H and O–H groups in total. The van der Waals surface area contributed by atoms with Gasteiger partial charge in [0.15, 0.2) is 5.17 Å².